The van der Waals surface area contributed by atoms with Gasteiger partial charge in [-0.2, -0.15) is 0 Å². The van der Waals surface area contributed by atoms with Crippen molar-refractivity contribution in [1.29, 1.82) is 0 Å². The van der Waals surface area contributed by atoms with Crippen molar-refractivity contribution >= 4 is 22.5 Å². The van der Waals surface area contributed by atoms with Crippen LogP contribution in [0.2, 0.25) is 0 Å². The number of methoxy groups -OCH3 is 1. The van der Waals surface area contributed by atoms with Crippen LogP contribution in [0.15, 0.2) is 29.6 Å². The van der Waals surface area contributed by atoms with Gasteiger partial charge in [0.1, 0.15) is 5.82 Å². The molecule has 2 amide bonds. The van der Waals surface area contributed by atoms with E-state index in [-0.39, 0.29) is 11.8 Å². The van der Waals surface area contributed by atoms with Crippen molar-refractivity contribution in [2.75, 3.05) is 25.6 Å². The third-order valence-corrected chi connectivity index (χ3v) is 3.63. The molecule has 2 rings (SSSR count). The Balaban J connectivity index is 1.72. The number of amides is 2. The van der Waals surface area contributed by atoms with Crippen LogP contribution < -0.4 is 10.6 Å². The van der Waals surface area contributed by atoms with Crippen molar-refractivity contribution in [3.05, 3.63) is 46.7 Å². The molecule has 0 bridgehead atoms. The quantitative estimate of drug-likeness (QED) is 0.726. The largest absolute Gasteiger partial charge is 0.382 e. The minimum absolute atomic E-state index is 0.304. The molecule has 6 nitrogen and oxygen atoms in total. The predicted molar refractivity (Wildman–Crippen MR) is 85.9 cm³/mol. The number of ether oxygens (including phenoxy) is 2. The van der Waals surface area contributed by atoms with Gasteiger partial charge < -0.3 is 14.8 Å². The maximum Gasteiger partial charge on any atom is 0.321 e. The second-order valence-corrected chi connectivity index (χ2v) is 5.48. The molecule has 0 unspecified atom stereocenters. The summed E-state index contributed by atoms with van der Waals surface area (Å²) in [6, 6.07) is 5.58. The number of carbonyl (C=O) groups is 1. The SMILES string of the molecule is COCCOCc1csc(NC(=O)NCc2ccc(F)cc2)n1. The molecule has 2 N–H and O–H groups in total. The molecule has 0 aliphatic rings. The molecular weight excluding hydrogens is 321 g/mol. The number of halogens is 1. The molecule has 0 spiro atoms. The minimum Gasteiger partial charge on any atom is -0.382 e. The Morgan fingerprint density at radius 3 is 2.83 bits per heavy atom. The van der Waals surface area contributed by atoms with E-state index in [2.05, 4.69) is 15.6 Å². The predicted octanol–water partition coefficient (Wildman–Crippen LogP) is 2.77. The van der Waals surface area contributed by atoms with Crippen LogP contribution >= 0.6 is 11.3 Å². The summed E-state index contributed by atoms with van der Waals surface area (Å²) in [7, 11) is 1.61. The van der Waals surface area contributed by atoms with Gasteiger partial charge in [-0.25, -0.2) is 14.2 Å². The van der Waals surface area contributed by atoms with Gasteiger partial charge in [-0.1, -0.05) is 12.1 Å². The number of hydrogen-bond donors (Lipinski definition) is 2. The molecule has 1 heterocycles. The van der Waals surface area contributed by atoms with Crippen molar-refractivity contribution in [1.82, 2.24) is 10.3 Å². The lowest BCUT2D eigenvalue weighted by molar-refractivity contribution is 0.0604. The van der Waals surface area contributed by atoms with Gasteiger partial charge >= 0.3 is 6.03 Å². The van der Waals surface area contributed by atoms with Gasteiger partial charge in [-0.3, -0.25) is 5.32 Å². The first kappa shape index (κ1) is 17.3. The number of hydrogen-bond acceptors (Lipinski definition) is 5. The molecule has 0 aliphatic heterocycles. The molecule has 0 saturated heterocycles. The molecule has 23 heavy (non-hydrogen) atoms. The summed E-state index contributed by atoms with van der Waals surface area (Å²) in [5.74, 6) is -0.304. The van der Waals surface area contributed by atoms with Crippen molar-refractivity contribution in [3.8, 4) is 0 Å². The maximum atomic E-state index is 12.8. The summed E-state index contributed by atoms with van der Waals surface area (Å²) in [5, 5.41) is 7.65. The highest BCUT2D eigenvalue weighted by Crippen LogP contribution is 2.15. The first-order chi connectivity index (χ1) is 11.2. The zero-order chi connectivity index (χ0) is 16.5. The molecule has 1 aromatic heterocycles. The molecule has 0 aliphatic carbocycles. The molecule has 0 saturated carbocycles. The Morgan fingerprint density at radius 2 is 2.09 bits per heavy atom. The normalized spacial score (nSPS) is 10.5. The summed E-state index contributed by atoms with van der Waals surface area (Å²) < 4.78 is 23.0. The Hall–Kier alpha value is -2.03. The summed E-state index contributed by atoms with van der Waals surface area (Å²) in [4.78, 5) is 16.0. The molecular formula is C15H18FN3O3S. The molecule has 0 fully saturated rings. The number of urea groups is 1. The van der Waals surface area contributed by atoms with E-state index in [1.165, 1.54) is 23.5 Å². The van der Waals surface area contributed by atoms with Gasteiger partial charge in [0.2, 0.25) is 0 Å². The van der Waals surface area contributed by atoms with E-state index in [1.54, 1.807) is 19.2 Å². The van der Waals surface area contributed by atoms with E-state index in [4.69, 9.17) is 9.47 Å². The van der Waals surface area contributed by atoms with Crippen molar-refractivity contribution in [2.24, 2.45) is 0 Å². The Kier molecular flexibility index (Phi) is 6.92. The fourth-order valence-electron chi connectivity index (χ4n) is 1.68. The molecule has 8 heteroatoms. The monoisotopic (exact) mass is 339 g/mol. The molecule has 1 aromatic carbocycles. The highest BCUT2D eigenvalue weighted by Gasteiger charge is 2.06. The zero-order valence-electron chi connectivity index (χ0n) is 12.7. The van der Waals surface area contributed by atoms with Crippen LogP contribution in [-0.4, -0.2) is 31.3 Å². The first-order valence-electron chi connectivity index (χ1n) is 6.98. The van der Waals surface area contributed by atoms with Gasteiger partial charge in [-0.15, -0.1) is 11.3 Å². The number of aromatic nitrogens is 1. The van der Waals surface area contributed by atoms with E-state index in [1.807, 2.05) is 5.38 Å². The molecule has 2 aromatic rings. The average Bonchev–Trinajstić information content (AvgIpc) is 2.98. The lowest BCUT2D eigenvalue weighted by Gasteiger charge is -2.05. The van der Waals surface area contributed by atoms with Crippen LogP contribution in [0.3, 0.4) is 0 Å². The standard InChI is InChI=1S/C15H18FN3O3S/c1-21-6-7-22-9-13-10-23-15(18-13)19-14(20)17-8-11-2-4-12(16)5-3-11/h2-5,10H,6-9H2,1H3,(H2,17,18,19,20). The average molecular weight is 339 g/mol. The number of nitrogens with one attached hydrogen (secondary N) is 2. The van der Waals surface area contributed by atoms with E-state index in [0.29, 0.717) is 31.5 Å². The third kappa shape index (κ3) is 6.31. The molecule has 0 radical (unpaired) electrons. The second kappa shape index (κ2) is 9.19. The Morgan fingerprint density at radius 1 is 1.30 bits per heavy atom. The molecule has 0 atom stereocenters. The number of thiazole rings is 1. The highest BCUT2D eigenvalue weighted by molar-refractivity contribution is 7.13. The number of rotatable bonds is 8. The number of carbonyl (C=O) groups excluding carboxylic acids is 1. The van der Waals surface area contributed by atoms with Crippen LogP contribution in [0.25, 0.3) is 0 Å². The lowest BCUT2D eigenvalue weighted by Crippen LogP contribution is -2.28. The number of anilines is 1. The van der Waals surface area contributed by atoms with Gasteiger partial charge in [-0.05, 0) is 17.7 Å². The summed E-state index contributed by atoms with van der Waals surface area (Å²) in [5.41, 5.74) is 1.56. The van der Waals surface area contributed by atoms with E-state index in [0.717, 1.165) is 11.3 Å². The van der Waals surface area contributed by atoms with Crippen LogP contribution in [-0.2, 0) is 22.6 Å². The Bertz CT molecular complexity index is 619. The number of benzene rings is 1. The number of nitrogens with zero attached hydrogens (tertiary/aromatic N) is 1. The fourth-order valence-corrected chi connectivity index (χ4v) is 2.37. The van der Waals surface area contributed by atoms with E-state index >= 15 is 0 Å². The molecule has 124 valence electrons. The summed E-state index contributed by atoms with van der Waals surface area (Å²) >= 11 is 1.32. The lowest BCUT2D eigenvalue weighted by atomic mass is 10.2. The zero-order valence-corrected chi connectivity index (χ0v) is 13.5. The van der Waals surface area contributed by atoms with Crippen molar-refractivity contribution in [2.45, 2.75) is 13.2 Å². The summed E-state index contributed by atoms with van der Waals surface area (Å²) in [6.45, 7) is 1.71. The van der Waals surface area contributed by atoms with Crippen LogP contribution in [0.5, 0.6) is 0 Å². The third-order valence-electron chi connectivity index (χ3n) is 2.82. The minimum atomic E-state index is -0.365. The second-order valence-electron chi connectivity index (χ2n) is 4.62. The van der Waals surface area contributed by atoms with Gasteiger partial charge in [0.25, 0.3) is 0 Å². The van der Waals surface area contributed by atoms with Gasteiger partial charge in [0.05, 0.1) is 25.5 Å². The van der Waals surface area contributed by atoms with Crippen LogP contribution in [0.1, 0.15) is 11.3 Å². The van der Waals surface area contributed by atoms with Crippen LogP contribution in [0, 0.1) is 5.82 Å². The first-order valence-corrected chi connectivity index (χ1v) is 7.85. The smallest absolute Gasteiger partial charge is 0.321 e. The fraction of sp³-hybridized carbons (Fsp3) is 0.333. The van der Waals surface area contributed by atoms with Gasteiger partial charge in [0, 0.05) is 19.0 Å². The van der Waals surface area contributed by atoms with Crippen molar-refractivity contribution in [3.63, 3.8) is 0 Å². The van der Waals surface area contributed by atoms with Crippen molar-refractivity contribution < 1.29 is 18.7 Å². The topological polar surface area (TPSA) is 72.5 Å². The maximum absolute atomic E-state index is 12.8. The van der Waals surface area contributed by atoms with E-state index in [9.17, 15) is 9.18 Å². The van der Waals surface area contributed by atoms with E-state index < -0.39 is 0 Å². The summed E-state index contributed by atoms with van der Waals surface area (Å²) in [6.07, 6.45) is 0. The highest BCUT2D eigenvalue weighted by atomic mass is 32.1. The Labute approximate surface area is 137 Å². The van der Waals surface area contributed by atoms with Crippen LogP contribution in [0.4, 0.5) is 14.3 Å². The van der Waals surface area contributed by atoms with Gasteiger partial charge in [0.15, 0.2) is 5.13 Å².